The van der Waals surface area contributed by atoms with Gasteiger partial charge in [-0.05, 0) is 37.0 Å². The molecule has 0 nitrogen and oxygen atoms in total. The molecule has 0 aromatic heterocycles. The first kappa shape index (κ1) is 10.0. The summed E-state index contributed by atoms with van der Waals surface area (Å²) in [4.78, 5) is 0. The first-order chi connectivity index (χ1) is 6.72. The van der Waals surface area contributed by atoms with Crippen molar-refractivity contribution < 1.29 is 0 Å². The number of hydrogen-bond donors (Lipinski definition) is 0. The van der Waals surface area contributed by atoms with Crippen LogP contribution < -0.4 is 0 Å². The van der Waals surface area contributed by atoms with Crippen LogP contribution in [0.3, 0.4) is 0 Å². The van der Waals surface area contributed by atoms with E-state index in [-0.39, 0.29) is 0 Å². The van der Waals surface area contributed by atoms with Gasteiger partial charge in [-0.2, -0.15) is 0 Å². The van der Waals surface area contributed by atoms with Gasteiger partial charge in [0.15, 0.2) is 0 Å². The zero-order chi connectivity index (χ0) is 10.1. The summed E-state index contributed by atoms with van der Waals surface area (Å²) in [5.74, 6) is 3.56. The van der Waals surface area contributed by atoms with Crippen LogP contribution in [0.2, 0.25) is 0 Å². The van der Waals surface area contributed by atoms with Crippen LogP contribution in [0.15, 0.2) is 36.5 Å². The molecule has 2 aliphatic rings. The Morgan fingerprint density at radius 1 is 1.50 bits per heavy atom. The largest absolute Gasteiger partial charge is 0.126 e. The minimum absolute atomic E-state index is 0.652. The fraction of sp³-hybridized carbons (Fsp3) is 0.538. The molecule has 1 heteroatoms. The number of halogens is 1. The molecule has 0 spiro atoms. The van der Waals surface area contributed by atoms with Crippen molar-refractivity contribution >= 4 is 11.6 Å². The van der Waals surface area contributed by atoms with E-state index in [9.17, 15) is 0 Å². The highest BCUT2D eigenvalue weighted by Crippen LogP contribution is 2.48. The maximum atomic E-state index is 6.02. The molecular formula is C13H17Cl. The van der Waals surface area contributed by atoms with Crippen molar-refractivity contribution in [2.75, 3.05) is 5.88 Å². The van der Waals surface area contributed by atoms with Crippen molar-refractivity contribution in [2.45, 2.75) is 13.3 Å². The average molecular weight is 209 g/mol. The predicted molar refractivity (Wildman–Crippen MR) is 62.4 cm³/mol. The van der Waals surface area contributed by atoms with Crippen molar-refractivity contribution in [2.24, 2.45) is 23.7 Å². The monoisotopic (exact) mass is 208 g/mol. The van der Waals surface area contributed by atoms with Gasteiger partial charge in [0.25, 0.3) is 0 Å². The molecule has 76 valence electrons. The summed E-state index contributed by atoms with van der Waals surface area (Å²) in [5.41, 5.74) is 1.13. The summed E-state index contributed by atoms with van der Waals surface area (Å²) in [7, 11) is 0. The number of alkyl halides is 1. The standard InChI is InChI=1S/C13H17Cl/c1-9(2)3-6-12-10-4-5-11(7-10)13(12)8-14/h3-6,10-13H,1,7-8H2,2H3. The van der Waals surface area contributed by atoms with E-state index in [1.807, 2.05) is 6.92 Å². The Hall–Kier alpha value is -0.490. The lowest BCUT2D eigenvalue weighted by Crippen LogP contribution is -2.19. The molecule has 0 aromatic rings. The Morgan fingerprint density at radius 3 is 2.86 bits per heavy atom. The van der Waals surface area contributed by atoms with E-state index < -0.39 is 0 Å². The van der Waals surface area contributed by atoms with Crippen LogP contribution in [-0.2, 0) is 0 Å². The summed E-state index contributed by atoms with van der Waals surface area (Å²) in [6, 6.07) is 0. The maximum absolute atomic E-state index is 6.02. The van der Waals surface area contributed by atoms with Gasteiger partial charge in [-0.25, -0.2) is 0 Å². The summed E-state index contributed by atoms with van der Waals surface area (Å²) in [5, 5.41) is 0. The minimum Gasteiger partial charge on any atom is -0.126 e. The van der Waals surface area contributed by atoms with Gasteiger partial charge in [0.1, 0.15) is 0 Å². The summed E-state index contributed by atoms with van der Waals surface area (Å²) in [6.07, 6.45) is 10.5. The molecule has 14 heavy (non-hydrogen) atoms. The Morgan fingerprint density at radius 2 is 2.21 bits per heavy atom. The van der Waals surface area contributed by atoms with Crippen LogP contribution >= 0.6 is 11.6 Å². The highest BCUT2D eigenvalue weighted by Gasteiger charge is 2.42. The molecule has 2 bridgehead atoms. The van der Waals surface area contributed by atoms with Gasteiger partial charge in [-0.15, -0.1) is 11.6 Å². The molecule has 2 aliphatic carbocycles. The summed E-state index contributed by atoms with van der Waals surface area (Å²) >= 11 is 6.02. The Balaban J connectivity index is 2.11. The third kappa shape index (κ3) is 1.68. The number of hydrogen-bond acceptors (Lipinski definition) is 0. The smallest absolute Gasteiger partial charge is 0.0263 e. The minimum atomic E-state index is 0.652. The highest BCUT2D eigenvalue weighted by molar-refractivity contribution is 6.18. The van der Waals surface area contributed by atoms with E-state index in [1.165, 1.54) is 6.42 Å². The Kier molecular flexibility index (Phi) is 2.83. The second-order valence-corrected chi connectivity index (χ2v) is 4.86. The van der Waals surface area contributed by atoms with E-state index >= 15 is 0 Å². The van der Waals surface area contributed by atoms with Crippen LogP contribution in [0, 0.1) is 23.7 Å². The second-order valence-electron chi connectivity index (χ2n) is 4.55. The molecule has 0 N–H and O–H groups in total. The molecular weight excluding hydrogens is 192 g/mol. The third-order valence-corrected chi connectivity index (χ3v) is 3.83. The average Bonchev–Trinajstić information content (AvgIpc) is 2.72. The Labute approximate surface area is 91.3 Å². The zero-order valence-corrected chi connectivity index (χ0v) is 9.37. The van der Waals surface area contributed by atoms with Crippen LogP contribution in [0.4, 0.5) is 0 Å². The predicted octanol–water partition coefficient (Wildman–Crippen LogP) is 3.80. The second kappa shape index (κ2) is 3.94. The highest BCUT2D eigenvalue weighted by atomic mass is 35.5. The van der Waals surface area contributed by atoms with Crippen molar-refractivity contribution in [3.8, 4) is 0 Å². The van der Waals surface area contributed by atoms with E-state index in [0.29, 0.717) is 11.8 Å². The molecule has 0 aliphatic heterocycles. The first-order valence-electron chi connectivity index (χ1n) is 5.30. The summed E-state index contributed by atoms with van der Waals surface area (Å²) in [6.45, 7) is 5.93. The van der Waals surface area contributed by atoms with Crippen molar-refractivity contribution in [1.82, 2.24) is 0 Å². The molecule has 0 amide bonds. The van der Waals surface area contributed by atoms with Crippen molar-refractivity contribution in [3.63, 3.8) is 0 Å². The number of allylic oxidation sites excluding steroid dienone is 5. The molecule has 2 rings (SSSR count). The van der Waals surface area contributed by atoms with E-state index in [0.717, 1.165) is 23.3 Å². The Bertz CT molecular complexity index is 288. The topological polar surface area (TPSA) is 0 Å². The van der Waals surface area contributed by atoms with Gasteiger partial charge in [0.05, 0.1) is 0 Å². The molecule has 0 heterocycles. The quantitative estimate of drug-likeness (QED) is 0.376. The SMILES string of the molecule is C=C(C)C=CC1C2C=CC(C2)C1CCl. The third-order valence-electron chi connectivity index (χ3n) is 3.47. The van der Waals surface area contributed by atoms with E-state index in [4.69, 9.17) is 11.6 Å². The molecule has 0 radical (unpaired) electrons. The van der Waals surface area contributed by atoms with Gasteiger partial charge >= 0.3 is 0 Å². The van der Waals surface area contributed by atoms with Crippen LogP contribution in [-0.4, -0.2) is 5.88 Å². The van der Waals surface area contributed by atoms with Crippen molar-refractivity contribution in [1.29, 1.82) is 0 Å². The fourth-order valence-electron chi connectivity index (χ4n) is 2.74. The normalized spacial score (nSPS) is 39.9. The van der Waals surface area contributed by atoms with Gasteiger partial charge in [0.2, 0.25) is 0 Å². The molecule has 0 saturated heterocycles. The molecule has 0 aromatic carbocycles. The van der Waals surface area contributed by atoms with Crippen LogP contribution in [0.25, 0.3) is 0 Å². The lowest BCUT2D eigenvalue weighted by molar-refractivity contribution is 0.408. The zero-order valence-electron chi connectivity index (χ0n) is 8.62. The van der Waals surface area contributed by atoms with Crippen molar-refractivity contribution in [3.05, 3.63) is 36.5 Å². The lowest BCUT2D eigenvalue weighted by atomic mass is 9.84. The van der Waals surface area contributed by atoms with Gasteiger partial charge in [-0.1, -0.05) is 36.5 Å². The lowest BCUT2D eigenvalue weighted by Gasteiger charge is -2.23. The van der Waals surface area contributed by atoms with E-state index in [1.54, 1.807) is 0 Å². The first-order valence-corrected chi connectivity index (χ1v) is 5.84. The molecule has 1 fully saturated rings. The van der Waals surface area contributed by atoms with E-state index in [2.05, 4.69) is 30.9 Å². The summed E-state index contributed by atoms with van der Waals surface area (Å²) < 4.78 is 0. The van der Waals surface area contributed by atoms with Crippen LogP contribution in [0.5, 0.6) is 0 Å². The molecule has 4 atom stereocenters. The van der Waals surface area contributed by atoms with Gasteiger partial charge < -0.3 is 0 Å². The fourth-order valence-corrected chi connectivity index (χ4v) is 3.18. The van der Waals surface area contributed by atoms with Crippen LogP contribution in [0.1, 0.15) is 13.3 Å². The number of rotatable bonds is 3. The number of fused-ring (bicyclic) bond motifs is 2. The van der Waals surface area contributed by atoms with Gasteiger partial charge in [0, 0.05) is 5.88 Å². The molecule has 4 unspecified atom stereocenters. The molecule has 1 saturated carbocycles. The van der Waals surface area contributed by atoms with Gasteiger partial charge in [-0.3, -0.25) is 0 Å². The maximum Gasteiger partial charge on any atom is 0.0263 e.